The maximum atomic E-state index is 12.2. The van der Waals surface area contributed by atoms with Crippen LogP contribution in [0.4, 0.5) is 11.4 Å². The highest BCUT2D eigenvalue weighted by molar-refractivity contribution is 6.05. The van der Waals surface area contributed by atoms with Crippen molar-refractivity contribution in [3.8, 4) is 0 Å². The summed E-state index contributed by atoms with van der Waals surface area (Å²) in [4.78, 5) is 12.2. The maximum Gasteiger partial charge on any atom is 0.255 e. The summed E-state index contributed by atoms with van der Waals surface area (Å²) in [6.07, 6.45) is 1.08. The van der Waals surface area contributed by atoms with E-state index in [1.54, 1.807) is 0 Å². The number of rotatable bonds is 5. The van der Waals surface area contributed by atoms with E-state index >= 15 is 0 Å². The maximum absolute atomic E-state index is 12.2. The molecule has 2 aromatic rings. The second-order valence-corrected chi connectivity index (χ2v) is 5.30. The lowest BCUT2D eigenvalue weighted by atomic mass is 10.1. The van der Waals surface area contributed by atoms with Gasteiger partial charge in [-0.3, -0.25) is 4.79 Å². The monoisotopic (exact) mass is 282 g/mol. The van der Waals surface area contributed by atoms with Crippen molar-refractivity contribution < 1.29 is 4.79 Å². The molecular formula is C18H22N2O. The van der Waals surface area contributed by atoms with Crippen LogP contribution in [0.2, 0.25) is 0 Å². The van der Waals surface area contributed by atoms with Gasteiger partial charge in [-0.1, -0.05) is 25.1 Å². The van der Waals surface area contributed by atoms with Gasteiger partial charge in [-0.05, 0) is 56.2 Å². The predicted octanol–water partition coefficient (Wildman–Crippen LogP) is 4.46. The van der Waals surface area contributed by atoms with Gasteiger partial charge in [0.1, 0.15) is 0 Å². The number of nitrogens with one attached hydrogen (secondary N) is 2. The number of hydrogen-bond donors (Lipinski definition) is 2. The fourth-order valence-electron chi connectivity index (χ4n) is 2.06. The van der Waals surface area contributed by atoms with Crippen LogP contribution in [0, 0.1) is 6.92 Å². The standard InChI is InChI=1S/C18H22N2O/c1-4-14(3)19-15-9-11-16(12-10-15)20-18(21)17-8-6-5-7-13(17)2/h5-12,14,19H,4H2,1-3H3,(H,20,21). The molecule has 2 rings (SSSR count). The Bertz CT molecular complexity index is 605. The molecule has 2 N–H and O–H groups in total. The molecule has 110 valence electrons. The normalized spacial score (nSPS) is 11.8. The summed E-state index contributed by atoms with van der Waals surface area (Å²) in [6.45, 7) is 6.23. The van der Waals surface area contributed by atoms with Gasteiger partial charge in [-0.25, -0.2) is 0 Å². The molecule has 0 saturated carbocycles. The Labute approximate surface area is 126 Å². The van der Waals surface area contributed by atoms with Crippen LogP contribution in [-0.2, 0) is 0 Å². The molecule has 0 spiro atoms. The van der Waals surface area contributed by atoms with Gasteiger partial charge < -0.3 is 10.6 Å². The molecule has 1 atom stereocenters. The van der Waals surface area contributed by atoms with Gasteiger partial charge in [-0.15, -0.1) is 0 Å². The number of hydrogen-bond acceptors (Lipinski definition) is 2. The van der Waals surface area contributed by atoms with E-state index in [-0.39, 0.29) is 5.91 Å². The molecule has 0 fully saturated rings. The van der Waals surface area contributed by atoms with E-state index in [9.17, 15) is 4.79 Å². The lowest BCUT2D eigenvalue weighted by Crippen LogP contribution is -2.14. The Morgan fingerprint density at radius 1 is 1.05 bits per heavy atom. The van der Waals surface area contributed by atoms with Crippen molar-refractivity contribution >= 4 is 17.3 Å². The van der Waals surface area contributed by atoms with Crippen molar-refractivity contribution in [2.45, 2.75) is 33.2 Å². The zero-order valence-corrected chi connectivity index (χ0v) is 12.8. The highest BCUT2D eigenvalue weighted by Crippen LogP contribution is 2.16. The molecule has 0 aliphatic heterocycles. The summed E-state index contributed by atoms with van der Waals surface area (Å²) >= 11 is 0. The third-order valence-electron chi connectivity index (χ3n) is 3.56. The fraction of sp³-hybridized carbons (Fsp3) is 0.278. The van der Waals surface area contributed by atoms with Crippen molar-refractivity contribution in [3.63, 3.8) is 0 Å². The van der Waals surface area contributed by atoms with E-state index in [2.05, 4.69) is 24.5 Å². The first-order valence-electron chi connectivity index (χ1n) is 7.33. The number of anilines is 2. The van der Waals surface area contributed by atoms with E-state index in [1.165, 1.54) is 0 Å². The quantitative estimate of drug-likeness (QED) is 0.850. The molecule has 1 unspecified atom stereocenters. The molecule has 21 heavy (non-hydrogen) atoms. The first kappa shape index (κ1) is 15.1. The summed E-state index contributed by atoms with van der Waals surface area (Å²) < 4.78 is 0. The molecule has 3 heteroatoms. The SMILES string of the molecule is CCC(C)Nc1ccc(NC(=O)c2ccccc2C)cc1. The lowest BCUT2D eigenvalue weighted by molar-refractivity contribution is 0.102. The second-order valence-electron chi connectivity index (χ2n) is 5.30. The number of carbonyl (C=O) groups is 1. The number of benzene rings is 2. The highest BCUT2D eigenvalue weighted by atomic mass is 16.1. The van der Waals surface area contributed by atoms with Crippen LogP contribution in [0.5, 0.6) is 0 Å². The van der Waals surface area contributed by atoms with Crippen molar-refractivity contribution in [1.82, 2.24) is 0 Å². The van der Waals surface area contributed by atoms with Crippen LogP contribution in [0.3, 0.4) is 0 Å². The third-order valence-corrected chi connectivity index (χ3v) is 3.56. The molecule has 0 aromatic heterocycles. The van der Waals surface area contributed by atoms with Crippen LogP contribution in [0.1, 0.15) is 36.2 Å². The molecule has 0 heterocycles. The molecule has 1 amide bonds. The van der Waals surface area contributed by atoms with E-state index in [0.29, 0.717) is 11.6 Å². The Balaban J connectivity index is 2.03. The predicted molar refractivity (Wildman–Crippen MR) is 88.9 cm³/mol. The smallest absolute Gasteiger partial charge is 0.255 e. The molecule has 0 aliphatic carbocycles. The van der Waals surface area contributed by atoms with Crippen LogP contribution in [0.15, 0.2) is 48.5 Å². The number of amides is 1. The van der Waals surface area contributed by atoms with E-state index in [0.717, 1.165) is 23.4 Å². The van der Waals surface area contributed by atoms with Gasteiger partial charge in [0.2, 0.25) is 0 Å². The third kappa shape index (κ3) is 4.09. The Kier molecular flexibility index (Phi) is 4.99. The van der Waals surface area contributed by atoms with Crippen molar-refractivity contribution in [1.29, 1.82) is 0 Å². The van der Waals surface area contributed by atoms with Crippen LogP contribution < -0.4 is 10.6 Å². The molecular weight excluding hydrogens is 260 g/mol. The lowest BCUT2D eigenvalue weighted by Gasteiger charge is -2.13. The topological polar surface area (TPSA) is 41.1 Å². The average molecular weight is 282 g/mol. The van der Waals surface area contributed by atoms with Crippen molar-refractivity contribution in [3.05, 3.63) is 59.7 Å². The van der Waals surface area contributed by atoms with Crippen LogP contribution in [-0.4, -0.2) is 11.9 Å². The molecule has 0 bridgehead atoms. The summed E-state index contributed by atoms with van der Waals surface area (Å²) in [6, 6.07) is 15.8. The summed E-state index contributed by atoms with van der Waals surface area (Å²) in [5.41, 5.74) is 3.56. The second kappa shape index (κ2) is 6.93. The molecule has 0 aliphatic rings. The average Bonchev–Trinajstić information content (AvgIpc) is 2.49. The minimum atomic E-state index is -0.0734. The highest BCUT2D eigenvalue weighted by Gasteiger charge is 2.08. The Hall–Kier alpha value is -2.29. The molecule has 2 aromatic carbocycles. The van der Waals surface area contributed by atoms with Crippen LogP contribution >= 0.6 is 0 Å². The largest absolute Gasteiger partial charge is 0.383 e. The Morgan fingerprint density at radius 3 is 2.29 bits per heavy atom. The number of aryl methyl sites for hydroxylation is 1. The van der Waals surface area contributed by atoms with Crippen molar-refractivity contribution in [2.75, 3.05) is 10.6 Å². The molecule has 3 nitrogen and oxygen atoms in total. The van der Waals surface area contributed by atoms with E-state index in [1.807, 2.05) is 55.5 Å². The van der Waals surface area contributed by atoms with E-state index < -0.39 is 0 Å². The van der Waals surface area contributed by atoms with Crippen LogP contribution in [0.25, 0.3) is 0 Å². The van der Waals surface area contributed by atoms with E-state index in [4.69, 9.17) is 0 Å². The van der Waals surface area contributed by atoms with Gasteiger partial charge in [0.25, 0.3) is 5.91 Å². The van der Waals surface area contributed by atoms with Gasteiger partial charge in [0.05, 0.1) is 0 Å². The van der Waals surface area contributed by atoms with Gasteiger partial charge in [-0.2, -0.15) is 0 Å². The summed E-state index contributed by atoms with van der Waals surface area (Å²) in [5.74, 6) is -0.0734. The molecule has 0 saturated heterocycles. The van der Waals surface area contributed by atoms with Crippen molar-refractivity contribution in [2.24, 2.45) is 0 Å². The van der Waals surface area contributed by atoms with Gasteiger partial charge in [0.15, 0.2) is 0 Å². The number of carbonyl (C=O) groups excluding carboxylic acids is 1. The van der Waals surface area contributed by atoms with Gasteiger partial charge >= 0.3 is 0 Å². The summed E-state index contributed by atoms with van der Waals surface area (Å²) in [5, 5.41) is 6.33. The minimum absolute atomic E-state index is 0.0734. The Morgan fingerprint density at radius 2 is 1.67 bits per heavy atom. The minimum Gasteiger partial charge on any atom is -0.383 e. The van der Waals surface area contributed by atoms with Gasteiger partial charge in [0, 0.05) is 23.0 Å². The fourth-order valence-corrected chi connectivity index (χ4v) is 2.06. The molecule has 0 radical (unpaired) electrons. The summed E-state index contributed by atoms with van der Waals surface area (Å²) in [7, 11) is 0. The zero-order chi connectivity index (χ0) is 15.2. The first-order valence-corrected chi connectivity index (χ1v) is 7.33. The first-order chi connectivity index (χ1) is 10.1. The zero-order valence-electron chi connectivity index (χ0n) is 12.8.